The van der Waals surface area contributed by atoms with Gasteiger partial charge in [-0.25, -0.2) is 13.1 Å². The second-order valence-corrected chi connectivity index (χ2v) is 9.47. The van der Waals surface area contributed by atoms with Crippen LogP contribution in [0.3, 0.4) is 0 Å². The molecule has 186 valence electrons. The fraction of sp³-hybridized carbons (Fsp3) is 0.417. The van der Waals surface area contributed by atoms with E-state index < -0.39 is 16.1 Å². The summed E-state index contributed by atoms with van der Waals surface area (Å²) in [7, 11) is -1.97. The Morgan fingerprint density at radius 1 is 1.06 bits per heavy atom. The molecule has 2 aromatic carbocycles. The minimum atomic E-state index is -3.54. The van der Waals surface area contributed by atoms with Crippen LogP contribution in [-0.4, -0.2) is 63.1 Å². The van der Waals surface area contributed by atoms with E-state index in [1.165, 1.54) is 17.0 Å². The molecule has 0 fully saturated rings. The number of hydrogen-bond acceptors (Lipinski definition) is 6. The number of hydrogen-bond donors (Lipinski definition) is 3. The first-order chi connectivity index (χ1) is 16.2. The van der Waals surface area contributed by atoms with Crippen molar-refractivity contribution in [3.05, 3.63) is 59.7 Å². The summed E-state index contributed by atoms with van der Waals surface area (Å²) >= 11 is 0. The van der Waals surface area contributed by atoms with Gasteiger partial charge in [-0.3, -0.25) is 9.59 Å². The average Bonchev–Trinajstić information content (AvgIpc) is 2.84. The summed E-state index contributed by atoms with van der Waals surface area (Å²) in [5.74, 6) is 0.121. The van der Waals surface area contributed by atoms with Crippen LogP contribution in [0, 0.1) is 0 Å². The van der Waals surface area contributed by atoms with Crippen molar-refractivity contribution in [2.45, 2.75) is 44.2 Å². The molecule has 0 aliphatic rings. The molecule has 0 spiro atoms. The summed E-state index contributed by atoms with van der Waals surface area (Å²) in [4.78, 5) is 27.3. The van der Waals surface area contributed by atoms with E-state index in [9.17, 15) is 18.0 Å². The number of nitrogens with one attached hydrogen (secondary N) is 2. The van der Waals surface area contributed by atoms with Gasteiger partial charge in [0.2, 0.25) is 21.8 Å². The van der Waals surface area contributed by atoms with Gasteiger partial charge in [-0.15, -0.1) is 0 Å². The molecule has 2 aromatic rings. The molecular formula is C24H33N3O6S. The van der Waals surface area contributed by atoms with Gasteiger partial charge in [-0.2, -0.15) is 0 Å². The van der Waals surface area contributed by atoms with Gasteiger partial charge < -0.3 is 20.1 Å². The molecule has 1 unspecified atom stereocenters. The van der Waals surface area contributed by atoms with Gasteiger partial charge in [-0.1, -0.05) is 31.2 Å². The Labute approximate surface area is 201 Å². The van der Waals surface area contributed by atoms with Crippen LogP contribution < -0.4 is 14.8 Å². The van der Waals surface area contributed by atoms with Crippen molar-refractivity contribution in [2.24, 2.45) is 0 Å². The highest BCUT2D eigenvalue weighted by Crippen LogP contribution is 2.17. The number of aryl methyl sites for hydroxylation is 1. The number of nitrogens with zero attached hydrogens (tertiary/aromatic N) is 1. The van der Waals surface area contributed by atoms with E-state index in [0.717, 1.165) is 11.1 Å². The Bertz CT molecular complexity index is 1040. The number of amides is 2. The van der Waals surface area contributed by atoms with Crippen molar-refractivity contribution in [2.75, 3.05) is 26.8 Å². The highest BCUT2D eigenvalue weighted by molar-refractivity contribution is 7.89. The van der Waals surface area contributed by atoms with Crippen LogP contribution in [0.4, 0.5) is 0 Å². The van der Waals surface area contributed by atoms with Gasteiger partial charge in [0.25, 0.3) is 0 Å². The summed E-state index contributed by atoms with van der Waals surface area (Å²) in [5.41, 5.74) is 1.65. The van der Waals surface area contributed by atoms with E-state index >= 15 is 0 Å². The summed E-state index contributed by atoms with van der Waals surface area (Å²) in [5, 5.41) is 11.6. The first kappa shape index (κ1) is 27.3. The number of methoxy groups -OCH3 is 1. The van der Waals surface area contributed by atoms with Crippen molar-refractivity contribution in [3.63, 3.8) is 0 Å². The quantitative estimate of drug-likeness (QED) is 0.390. The summed E-state index contributed by atoms with van der Waals surface area (Å²) < 4.78 is 31.8. The molecule has 0 radical (unpaired) electrons. The number of aliphatic hydroxyl groups excluding tert-OH is 1. The summed E-state index contributed by atoms with van der Waals surface area (Å²) in [6.45, 7) is 3.80. The number of carbonyl (C=O) groups excluding carboxylic acids is 2. The topological polar surface area (TPSA) is 125 Å². The van der Waals surface area contributed by atoms with Crippen LogP contribution in [-0.2, 0) is 32.6 Å². The second kappa shape index (κ2) is 13.1. The van der Waals surface area contributed by atoms with Crippen LogP contribution in [0.5, 0.6) is 5.75 Å². The average molecular weight is 492 g/mol. The molecule has 0 saturated heterocycles. The van der Waals surface area contributed by atoms with Gasteiger partial charge in [0.1, 0.15) is 11.8 Å². The van der Waals surface area contributed by atoms with Crippen molar-refractivity contribution >= 4 is 21.8 Å². The number of aliphatic hydroxyl groups is 1. The van der Waals surface area contributed by atoms with E-state index in [1.54, 1.807) is 45.2 Å². The molecule has 9 nitrogen and oxygen atoms in total. The van der Waals surface area contributed by atoms with E-state index in [2.05, 4.69) is 10.0 Å². The molecule has 0 aliphatic carbocycles. The molecule has 0 heterocycles. The minimum absolute atomic E-state index is 0.107. The zero-order valence-electron chi connectivity index (χ0n) is 19.8. The molecule has 1 atom stereocenters. The molecule has 3 N–H and O–H groups in total. The third-order valence-electron chi connectivity index (χ3n) is 5.29. The van der Waals surface area contributed by atoms with Gasteiger partial charge in [-0.05, 0) is 48.7 Å². The van der Waals surface area contributed by atoms with Crippen LogP contribution in [0.25, 0.3) is 0 Å². The number of carbonyl (C=O) groups is 2. The predicted octanol–water partition coefficient (Wildman–Crippen LogP) is 1.45. The molecule has 2 amide bonds. The molecule has 2 rings (SSSR count). The van der Waals surface area contributed by atoms with Gasteiger partial charge in [0, 0.05) is 26.1 Å². The zero-order chi connectivity index (χ0) is 25.1. The van der Waals surface area contributed by atoms with Crippen LogP contribution in [0.1, 0.15) is 31.4 Å². The maximum atomic E-state index is 13.1. The van der Waals surface area contributed by atoms with Gasteiger partial charge in [0.15, 0.2) is 0 Å². The van der Waals surface area contributed by atoms with E-state index in [4.69, 9.17) is 9.84 Å². The van der Waals surface area contributed by atoms with Crippen molar-refractivity contribution < 1.29 is 27.9 Å². The lowest BCUT2D eigenvalue weighted by molar-refractivity contribution is -0.140. The maximum Gasteiger partial charge on any atom is 0.242 e. The fourth-order valence-electron chi connectivity index (χ4n) is 3.34. The molecule has 0 aromatic heterocycles. The standard InChI is InChI=1S/C24H33N3O6S/c1-4-26-34(31,32)22-12-7-19(8-13-22)9-14-23(29)27(18(2)24(30)25-15-16-28)17-20-5-10-21(33-3)11-6-20/h5-8,10-13,18,26,28H,4,9,14-17H2,1-3H3,(H,25,30). The van der Waals surface area contributed by atoms with Gasteiger partial charge >= 0.3 is 0 Å². The highest BCUT2D eigenvalue weighted by atomic mass is 32.2. The SMILES string of the molecule is CCNS(=O)(=O)c1ccc(CCC(=O)N(Cc2ccc(OC)cc2)C(C)C(=O)NCCO)cc1. The van der Waals surface area contributed by atoms with E-state index in [0.29, 0.717) is 18.7 Å². The Morgan fingerprint density at radius 3 is 2.24 bits per heavy atom. The Balaban J connectivity index is 2.12. The lowest BCUT2D eigenvalue weighted by atomic mass is 10.1. The molecule has 0 saturated carbocycles. The minimum Gasteiger partial charge on any atom is -0.497 e. The van der Waals surface area contributed by atoms with Crippen LogP contribution in [0.2, 0.25) is 0 Å². The van der Waals surface area contributed by atoms with Crippen LogP contribution >= 0.6 is 0 Å². The molecular weight excluding hydrogens is 458 g/mol. The molecule has 0 aliphatic heterocycles. The predicted molar refractivity (Wildman–Crippen MR) is 129 cm³/mol. The normalized spacial score (nSPS) is 12.1. The Morgan fingerprint density at radius 2 is 1.68 bits per heavy atom. The van der Waals surface area contributed by atoms with Gasteiger partial charge in [0.05, 0.1) is 18.6 Å². The first-order valence-electron chi connectivity index (χ1n) is 11.1. The van der Waals surface area contributed by atoms with Crippen LogP contribution in [0.15, 0.2) is 53.4 Å². The fourth-order valence-corrected chi connectivity index (χ4v) is 4.38. The number of benzene rings is 2. The Kier molecular flexibility index (Phi) is 10.5. The highest BCUT2D eigenvalue weighted by Gasteiger charge is 2.26. The number of sulfonamides is 1. The molecule has 34 heavy (non-hydrogen) atoms. The van der Waals surface area contributed by atoms with Crippen molar-refractivity contribution in [3.8, 4) is 5.75 Å². The summed E-state index contributed by atoms with van der Waals surface area (Å²) in [6.07, 6.45) is 0.539. The third-order valence-corrected chi connectivity index (χ3v) is 6.85. The maximum absolute atomic E-state index is 13.1. The number of ether oxygens (including phenoxy) is 1. The molecule has 10 heteroatoms. The largest absolute Gasteiger partial charge is 0.497 e. The van der Waals surface area contributed by atoms with E-state index in [-0.39, 0.29) is 42.8 Å². The Hall–Kier alpha value is -2.95. The third kappa shape index (κ3) is 7.82. The zero-order valence-corrected chi connectivity index (χ0v) is 20.6. The van der Waals surface area contributed by atoms with Crippen molar-refractivity contribution in [1.29, 1.82) is 0 Å². The lowest BCUT2D eigenvalue weighted by Gasteiger charge is -2.29. The monoisotopic (exact) mass is 491 g/mol. The first-order valence-corrected chi connectivity index (χ1v) is 12.6. The number of rotatable bonds is 13. The van der Waals surface area contributed by atoms with Crippen molar-refractivity contribution in [1.82, 2.24) is 14.9 Å². The lowest BCUT2D eigenvalue weighted by Crippen LogP contribution is -2.48. The second-order valence-electron chi connectivity index (χ2n) is 7.71. The smallest absolute Gasteiger partial charge is 0.242 e. The summed E-state index contributed by atoms with van der Waals surface area (Å²) in [6, 6.07) is 12.9. The van der Waals surface area contributed by atoms with E-state index in [1.807, 2.05) is 12.1 Å². The molecule has 0 bridgehead atoms.